The van der Waals surface area contributed by atoms with Gasteiger partial charge >= 0.3 is 0 Å². The third-order valence-electron chi connectivity index (χ3n) is 5.94. The number of aromatic nitrogens is 2. The molecule has 2 aliphatic carbocycles. The van der Waals surface area contributed by atoms with Gasteiger partial charge in [0.25, 0.3) is 5.91 Å². The van der Waals surface area contributed by atoms with Crippen LogP contribution in [0.15, 0.2) is 0 Å². The number of carbonyl (C=O) groups is 1. The Bertz CT molecular complexity index is 655. The van der Waals surface area contributed by atoms with Gasteiger partial charge in [-0.15, -0.1) is 0 Å². The quantitative estimate of drug-likeness (QED) is 0.886. The van der Waals surface area contributed by atoms with Gasteiger partial charge in [0.1, 0.15) is 5.69 Å². The lowest BCUT2D eigenvalue weighted by Gasteiger charge is -2.56. The van der Waals surface area contributed by atoms with Crippen molar-refractivity contribution in [3.8, 4) is 0 Å². The molecular formula is C18H27N3O3. The largest absolute Gasteiger partial charge is 0.393 e. The third kappa shape index (κ3) is 2.47. The molecular weight excluding hydrogens is 306 g/mol. The van der Waals surface area contributed by atoms with Crippen LogP contribution in [0.5, 0.6) is 0 Å². The van der Waals surface area contributed by atoms with Crippen molar-refractivity contribution in [3.63, 3.8) is 0 Å². The Morgan fingerprint density at radius 2 is 2.08 bits per heavy atom. The predicted octanol–water partition coefficient (Wildman–Crippen LogP) is 1.96. The maximum absolute atomic E-state index is 12.9. The number of aliphatic hydroxyl groups is 1. The molecule has 6 heteroatoms. The van der Waals surface area contributed by atoms with E-state index in [4.69, 9.17) is 4.74 Å². The molecule has 0 aromatic carbocycles. The second-order valence-corrected chi connectivity index (χ2v) is 7.96. The second kappa shape index (κ2) is 5.56. The Morgan fingerprint density at radius 1 is 1.38 bits per heavy atom. The fraction of sp³-hybridized carbons (Fsp3) is 0.778. The maximum Gasteiger partial charge on any atom is 0.270 e. The number of aliphatic hydroxyl groups excluding tert-OH is 1. The van der Waals surface area contributed by atoms with Gasteiger partial charge in [-0.2, -0.15) is 5.10 Å². The molecule has 132 valence electrons. The van der Waals surface area contributed by atoms with E-state index >= 15 is 0 Å². The van der Waals surface area contributed by atoms with Crippen molar-refractivity contribution < 1.29 is 14.6 Å². The molecule has 24 heavy (non-hydrogen) atoms. The highest BCUT2D eigenvalue weighted by atomic mass is 16.5. The first-order valence-corrected chi connectivity index (χ1v) is 9.15. The molecule has 2 saturated carbocycles. The summed E-state index contributed by atoms with van der Waals surface area (Å²) in [6, 6.07) is 0.232. The van der Waals surface area contributed by atoms with Gasteiger partial charge in [0, 0.05) is 24.6 Å². The van der Waals surface area contributed by atoms with Crippen LogP contribution in [-0.4, -0.2) is 39.0 Å². The average Bonchev–Trinajstić information content (AvgIpc) is 2.82. The molecule has 1 amide bonds. The third-order valence-corrected chi connectivity index (χ3v) is 5.94. The summed E-state index contributed by atoms with van der Waals surface area (Å²) in [6.45, 7) is 6.73. The smallest absolute Gasteiger partial charge is 0.270 e. The highest BCUT2D eigenvalue weighted by Gasteiger charge is 2.53. The van der Waals surface area contributed by atoms with Crippen molar-refractivity contribution in [1.29, 1.82) is 0 Å². The Balaban J connectivity index is 1.50. The van der Waals surface area contributed by atoms with Crippen LogP contribution in [0.2, 0.25) is 0 Å². The summed E-state index contributed by atoms with van der Waals surface area (Å²) in [5.41, 5.74) is 2.98. The minimum Gasteiger partial charge on any atom is -0.393 e. The molecule has 1 spiro atoms. The van der Waals surface area contributed by atoms with Crippen molar-refractivity contribution in [3.05, 3.63) is 17.0 Å². The first-order chi connectivity index (χ1) is 11.4. The molecule has 3 aliphatic rings. The molecule has 4 rings (SSSR count). The molecule has 0 saturated heterocycles. The standard InChI is InChI=1S/C18H27N3O3/c1-4-21-16(14-5-10(2)24-11(3)15(14)20-21)17(23)19-12-6-18(7-12)8-13(22)9-18/h10-13,22H,4-9H2,1-3H3,(H,19,23)/t10-,11+,12?,13?,18?/m0/s1. The number of aryl methyl sites for hydroxylation is 1. The van der Waals surface area contributed by atoms with E-state index in [-0.39, 0.29) is 30.3 Å². The topological polar surface area (TPSA) is 76.4 Å². The van der Waals surface area contributed by atoms with E-state index in [0.717, 1.165) is 43.4 Å². The van der Waals surface area contributed by atoms with Crippen molar-refractivity contribution in [2.75, 3.05) is 0 Å². The average molecular weight is 333 g/mol. The van der Waals surface area contributed by atoms with E-state index in [9.17, 15) is 9.90 Å². The molecule has 2 fully saturated rings. The van der Waals surface area contributed by atoms with Crippen LogP contribution < -0.4 is 5.32 Å². The number of nitrogens with zero attached hydrogens (tertiary/aromatic N) is 2. The molecule has 2 heterocycles. The lowest BCUT2D eigenvalue weighted by atomic mass is 9.53. The van der Waals surface area contributed by atoms with E-state index in [0.29, 0.717) is 17.7 Å². The number of fused-ring (bicyclic) bond motifs is 1. The molecule has 1 aromatic heterocycles. The van der Waals surface area contributed by atoms with Gasteiger partial charge < -0.3 is 15.2 Å². The monoisotopic (exact) mass is 333 g/mol. The summed E-state index contributed by atoms with van der Waals surface area (Å²) in [4.78, 5) is 12.9. The number of rotatable bonds is 3. The fourth-order valence-corrected chi connectivity index (χ4v) is 4.89. The van der Waals surface area contributed by atoms with Crippen LogP contribution in [0.3, 0.4) is 0 Å². The van der Waals surface area contributed by atoms with Gasteiger partial charge in [-0.3, -0.25) is 9.48 Å². The van der Waals surface area contributed by atoms with E-state index in [2.05, 4.69) is 10.4 Å². The van der Waals surface area contributed by atoms with Gasteiger partial charge in [-0.1, -0.05) is 0 Å². The summed E-state index contributed by atoms with van der Waals surface area (Å²) in [5, 5.41) is 17.3. The SMILES string of the molecule is CCn1nc2c(c1C(=O)NC1CC3(CC(O)C3)C1)C[C@H](C)O[C@@H]2C. The Labute approximate surface area is 142 Å². The summed E-state index contributed by atoms with van der Waals surface area (Å²) in [5.74, 6) is -0.00776. The summed E-state index contributed by atoms with van der Waals surface area (Å²) in [7, 11) is 0. The normalized spacial score (nSPS) is 37.5. The zero-order valence-electron chi connectivity index (χ0n) is 14.7. The predicted molar refractivity (Wildman–Crippen MR) is 88.7 cm³/mol. The summed E-state index contributed by atoms with van der Waals surface area (Å²) in [6.07, 6.45) is 4.44. The Morgan fingerprint density at radius 3 is 2.71 bits per heavy atom. The van der Waals surface area contributed by atoms with Crippen LogP contribution in [0, 0.1) is 5.41 Å². The van der Waals surface area contributed by atoms with Crippen molar-refractivity contribution >= 4 is 5.91 Å². The molecule has 2 atom stereocenters. The number of carbonyl (C=O) groups excluding carboxylic acids is 1. The minimum absolute atomic E-state index is 0.00776. The van der Waals surface area contributed by atoms with E-state index in [1.165, 1.54) is 0 Å². The van der Waals surface area contributed by atoms with Crippen molar-refractivity contribution in [2.45, 2.75) is 83.8 Å². The first-order valence-electron chi connectivity index (χ1n) is 9.15. The number of hydrogen-bond acceptors (Lipinski definition) is 4. The van der Waals surface area contributed by atoms with Crippen molar-refractivity contribution in [1.82, 2.24) is 15.1 Å². The van der Waals surface area contributed by atoms with Gasteiger partial charge in [0.15, 0.2) is 0 Å². The first kappa shape index (κ1) is 16.1. The lowest BCUT2D eigenvalue weighted by Crippen LogP contribution is -2.57. The zero-order valence-corrected chi connectivity index (χ0v) is 14.7. The fourth-order valence-electron chi connectivity index (χ4n) is 4.89. The highest BCUT2D eigenvalue weighted by molar-refractivity contribution is 5.94. The minimum atomic E-state index is -0.127. The second-order valence-electron chi connectivity index (χ2n) is 7.96. The molecule has 2 N–H and O–H groups in total. The molecule has 0 radical (unpaired) electrons. The number of nitrogens with one attached hydrogen (secondary N) is 1. The maximum atomic E-state index is 12.9. The molecule has 1 aromatic rings. The van der Waals surface area contributed by atoms with Crippen LogP contribution in [-0.2, 0) is 17.7 Å². The number of amides is 1. The van der Waals surface area contributed by atoms with E-state index in [1.807, 2.05) is 25.5 Å². The summed E-state index contributed by atoms with van der Waals surface area (Å²) >= 11 is 0. The van der Waals surface area contributed by atoms with Crippen molar-refractivity contribution in [2.24, 2.45) is 5.41 Å². The number of ether oxygens (including phenoxy) is 1. The van der Waals surface area contributed by atoms with Gasteiger partial charge in [-0.25, -0.2) is 0 Å². The van der Waals surface area contributed by atoms with Gasteiger partial charge in [-0.05, 0) is 51.9 Å². The van der Waals surface area contributed by atoms with Gasteiger partial charge in [0.2, 0.25) is 0 Å². The molecule has 0 unspecified atom stereocenters. The Kier molecular flexibility index (Phi) is 3.73. The van der Waals surface area contributed by atoms with E-state index < -0.39 is 0 Å². The van der Waals surface area contributed by atoms with Crippen LogP contribution >= 0.6 is 0 Å². The highest BCUT2D eigenvalue weighted by Crippen LogP contribution is 2.55. The van der Waals surface area contributed by atoms with E-state index in [1.54, 1.807) is 0 Å². The summed E-state index contributed by atoms with van der Waals surface area (Å²) < 4.78 is 7.67. The lowest BCUT2D eigenvalue weighted by molar-refractivity contribution is -0.0950. The van der Waals surface area contributed by atoms with Crippen LogP contribution in [0.1, 0.15) is 74.3 Å². The molecule has 1 aliphatic heterocycles. The number of hydrogen-bond donors (Lipinski definition) is 2. The van der Waals surface area contributed by atoms with Crippen LogP contribution in [0.25, 0.3) is 0 Å². The molecule has 0 bridgehead atoms. The zero-order chi connectivity index (χ0) is 17.1. The Hall–Kier alpha value is -1.40. The molecule has 6 nitrogen and oxygen atoms in total. The van der Waals surface area contributed by atoms with Crippen LogP contribution in [0.4, 0.5) is 0 Å². The van der Waals surface area contributed by atoms with Gasteiger partial charge in [0.05, 0.1) is 24.0 Å².